The van der Waals surface area contributed by atoms with E-state index in [4.69, 9.17) is 0 Å². The first kappa shape index (κ1) is 17.7. The van der Waals surface area contributed by atoms with E-state index in [9.17, 15) is 0 Å². The Bertz CT molecular complexity index is 925. The fraction of sp³-hybridized carbons (Fsp3) is 0.0769. The summed E-state index contributed by atoms with van der Waals surface area (Å²) >= 11 is 0. The second-order valence-electron chi connectivity index (χ2n) is 6.95. The lowest BCUT2D eigenvalue weighted by molar-refractivity contribution is 1.35. The Morgan fingerprint density at radius 1 is 0.407 bits per heavy atom. The van der Waals surface area contributed by atoms with Gasteiger partial charge in [0.1, 0.15) is 28.5 Å². The van der Waals surface area contributed by atoms with Gasteiger partial charge in [-0.25, -0.2) is 0 Å². The van der Waals surface area contributed by atoms with Gasteiger partial charge in [-0.3, -0.25) is 0 Å². The predicted octanol–water partition coefficient (Wildman–Crippen LogP) is 4.92. The molecule has 0 aromatic heterocycles. The molecule has 4 aromatic carbocycles. The first-order valence-electron chi connectivity index (χ1n) is 9.36. The van der Waals surface area contributed by atoms with Crippen molar-refractivity contribution in [1.29, 1.82) is 0 Å². The van der Waals surface area contributed by atoms with Crippen LogP contribution in [0.2, 0.25) is 0 Å². The van der Waals surface area contributed by atoms with Gasteiger partial charge in [0.2, 0.25) is 0 Å². The van der Waals surface area contributed by atoms with Gasteiger partial charge in [0.25, 0.3) is 0 Å². The number of hydrogen-bond donors (Lipinski definition) is 0. The Labute approximate surface area is 162 Å². The van der Waals surface area contributed by atoms with Crippen LogP contribution in [0.3, 0.4) is 0 Å². The normalized spacial score (nSPS) is 11.3. The molecule has 132 valence electrons. The number of aryl methyl sites for hydroxylation is 2. The second-order valence-corrected chi connectivity index (χ2v) is 10.4. The average Bonchev–Trinajstić information content (AvgIpc) is 2.74. The molecule has 4 aromatic rings. The van der Waals surface area contributed by atoms with Crippen molar-refractivity contribution in [2.45, 2.75) is 13.8 Å². The summed E-state index contributed by atoms with van der Waals surface area (Å²) in [6.07, 6.45) is 0. The molecule has 0 N–H and O–H groups in total. The smallest absolute Gasteiger partial charge is 0.0620 e. The molecule has 1 heteroatoms. The van der Waals surface area contributed by atoms with Crippen molar-refractivity contribution in [3.63, 3.8) is 0 Å². The molecule has 0 spiro atoms. The van der Waals surface area contributed by atoms with Crippen molar-refractivity contribution in [3.8, 4) is 0 Å². The van der Waals surface area contributed by atoms with Crippen molar-refractivity contribution < 1.29 is 0 Å². The van der Waals surface area contributed by atoms with Crippen LogP contribution < -0.4 is 21.2 Å². The summed E-state index contributed by atoms with van der Waals surface area (Å²) in [7, 11) is -1.95. The zero-order valence-electron chi connectivity index (χ0n) is 15.8. The SMILES string of the molecule is Cc1ccc([P+](c2ccccc2)(c2ccccc2)c2ccccc2)cc1C. The quantitative estimate of drug-likeness (QED) is 0.449. The molecule has 0 fully saturated rings. The summed E-state index contributed by atoms with van der Waals surface area (Å²) in [6.45, 7) is 4.40. The Morgan fingerprint density at radius 3 is 1.19 bits per heavy atom. The number of rotatable bonds is 4. The lowest BCUT2D eigenvalue weighted by Crippen LogP contribution is -2.38. The van der Waals surface area contributed by atoms with Crippen molar-refractivity contribution in [3.05, 3.63) is 120 Å². The van der Waals surface area contributed by atoms with Gasteiger partial charge in [-0.05, 0) is 73.5 Å². The highest BCUT2D eigenvalue weighted by molar-refractivity contribution is 8.01. The highest BCUT2D eigenvalue weighted by Crippen LogP contribution is 2.54. The maximum absolute atomic E-state index is 2.40. The lowest BCUT2D eigenvalue weighted by Gasteiger charge is -2.28. The van der Waals surface area contributed by atoms with Gasteiger partial charge >= 0.3 is 0 Å². The number of hydrogen-bond acceptors (Lipinski definition) is 0. The van der Waals surface area contributed by atoms with Gasteiger partial charge in [-0.15, -0.1) is 0 Å². The predicted molar refractivity (Wildman–Crippen MR) is 121 cm³/mol. The second kappa shape index (κ2) is 7.51. The summed E-state index contributed by atoms with van der Waals surface area (Å²) in [6, 6.07) is 40.1. The average molecular weight is 367 g/mol. The minimum atomic E-state index is -1.95. The van der Waals surface area contributed by atoms with E-state index in [1.54, 1.807) is 0 Å². The molecule has 0 aliphatic carbocycles. The zero-order chi connectivity index (χ0) is 18.7. The Hall–Kier alpha value is -2.69. The van der Waals surface area contributed by atoms with Gasteiger partial charge in [-0.1, -0.05) is 60.7 Å². The third kappa shape index (κ3) is 3.11. The van der Waals surface area contributed by atoms with Crippen LogP contribution in [0, 0.1) is 13.8 Å². The molecule has 0 bridgehead atoms. The van der Waals surface area contributed by atoms with Crippen LogP contribution in [0.1, 0.15) is 11.1 Å². The summed E-state index contributed by atoms with van der Waals surface area (Å²) < 4.78 is 0. The molecular formula is C26H24P+. The van der Waals surface area contributed by atoms with E-state index in [0.29, 0.717) is 0 Å². The van der Waals surface area contributed by atoms with E-state index >= 15 is 0 Å². The highest BCUT2D eigenvalue weighted by atomic mass is 31.2. The Morgan fingerprint density at radius 2 is 0.815 bits per heavy atom. The van der Waals surface area contributed by atoms with Crippen LogP contribution >= 0.6 is 7.26 Å². The van der Waals surface area contributed by atoms with Gasteiger partial charge in [0, 0.05) is 0 Å². The van der Waals surface area contributed by atoms with E-state index in [1.165, 1.54) is 32.3 Å². The molecule has 0 heterocycles. The fourth-order valence-corrected chi connectivity index (χ4v) is 8.12. The fourth-order valence-electron chi connectivity index (χ4n) is 3.78. The molecule has 27 heavy (non-hydrogen) atoms. The van der Waals surface area contributed by atoms with Gasteiger partial charge in [0.15, 0.2) is 0 Å². The third-order valence-corrected chi connectivity index (χ3v) is 9.58. The molecule has 0 radical (unpaired) electrons. The van der Waals surface area contributed by atoms with Gasteiger partial charge < -0.3 is 0 Å². The van der Waals surface area contributed by atoms with Gasteiger partial charge in [0.05, 0.1) is 0 Å². The van der Waals surface area contributed by atoms with Crippen molar-refractivity contribution in [2.75, 3.05) is 0 Å². The maximum Gasteiger partial charge on any atom is 0.144 e. The van der Waals surface area contributed by atoms with E-state index in [-0.39, 0.29) is 0 Å². The standard InChI is InChI=1S/C26H24P/c1-21-18-19-26(20-22(21)2)27(23-12-6-3-7-13-23,24-14-8-4-9-15-24)25-16-10-5-11-17-25/h3-20H,1-2H3/q+1. The van der Waals surface area contributed by atoms with Crippen molar-refractivity contribution in [2.24, 2.45) is 0 Å². The third-order valence-electron chi connectivity index (χ3n) is 5.31. The van der Waals surface area contributed by atoms with Crippen LogP contribution in [-0.2, 0) is 0 Å². The van der Waals surface area contributed by atoms with E-state index < -0.39 is 7.26 Å². The first-order valence-corrected chi connectivity index (χ1v) is 11.2. The van der Waals surface area contributed by atoms with E-state index in [2.05, 4.69) is 123 Å². The molecule has 0 nitrogen and oxygen atoms in total. The van der Waals surface area contributed by atoms with Gasteiger partial charge in [-0.2, -0.15) is 0 Å². The molecule has 4 rings (SSSR count). The van der Waals surface area contributed by atoms with Crippen molar-refractivity contribution >= 4 is 28.5 Å². The summed E-state index contributed by atoms with van der Waals surface area (Å²) in [5.74, 6) is 0. The zero-order valence-corrected chi connectivity index (χ0v) is 16.7. The molecule has 0 saturated heterocycles. The van der Waals surface area contributed by atoms with Crippen LogP contribution in [0.25, 0.3) is 0 Å². The summed E-state index contributed by atoms with van der Waals surface area (Å²) in [5.41, 5.74) is 2.69. The maximum atomic E-state index is 2.40. The van der Waals surface area contributed by atoms with Crippen LogP contribution in [0.5, 0.6) is 0 Å². The molecular weight excluding hydrogens is 343 g/mol. The molecule has 0 unspecified atom stereocenters. The Balaban J connectivity index is 2.14. The molecule has 0 aliphatic heterocycles. The largest absolute Gasteiger partial charge is 0.144 e. The van der Waals surface area contributed by atoms with Crippen LogP contribution in [-0.4, -0.2) is 0 Å². The monoisotopic (exact) mass is 367 g/mol. The summed E-state index contributed by atoms with van der Waals surface area (Å²) in [4.78, 5) is 0. The van der Waals surface area contributed by atoms with E-state index in [0.717, 1.165) is 0 Å². The summed E-state index contributed by atoms with van der Waals surface area (Å²) in [5, 5.41) is 5.59. The van der Waals surface area contributed by atoms with Crippen LogP contribution in [0.4, 0.5) is 0 Å². The molecule has 0 amide bonds. The first-order chi connectivity index (χ1) is 13.2. The minimum Gasteiger partial charge on any atom is -0.0620 e. The minimum absolute atomic E-state index is 1.34. The lowest BCUT2D eigenvalue weighted by atomic mass is 10.1. The molecule has 0 atom stereocenters. The topological polar surface area (TPSA) is 0 Å². The Kier molecular flexibility index (Phi) is 4.92. The molecule has 0 aliphatic rings. The van der Waals surface area contributed by atoms with Crippen LogP contribution in [0.15, 0.2) is 109 Å². The number of benzene rings is 4. The molecule has 0 saturated carbocycles. The van der Waals surface area contributed by atoms with E-state index in [1.807, 2.05) is 0 Å². The van der Waals surface area contributed by atoms with Crippen molar-refractivity contribution in [1.82, 2.24) is 0 Å². The highest BCUT2D eigenvalue weighted by Gasteiger charge is 2.47.